The van der Waals surface area contributed by atoms with Crippen molar-refractivity contribution >= 4 is 17.8 Å². The molecule has 1 saturated heterocycles. The zero-order valence-electron chi connectivity index (χ0n) is 12.4. The summed E-state index contributed by atoms with van der Waals surface area (Å²) < 4.78 is 4.71. The van der Waals surface area contributed by atoms with Gasteiger partial charge < -0.3 is 14.5 Å². The fourth-order valence-corrected chi connectivity index (χ4v) is 2.73. The number of amides is 2. The molecule has 1 fully saturated rings. The van der Waals surface area contributed by atoms with Crippen LogP contribution in [0, 0.1) is 5.92 Å². The Morgan fingerprint density at radius 2 is 1.76 bits per heavy atom. The van der Waals surface area contributed by atoms with Crippen molar-refractivity contribution in [3.05, 3.63) is 12.2 Å². The molecule has 2 rings (SSSR count). The number of allylic oxidation sites excluding steroid dienone is 2. The van der Waals surface area contributed by atoms with Crippen LogP contribution in [0.4, 0.5) is 0 Å². The van der Waals surface area contributed by atoms with Gasteiger partial charge in [0.1, 0.15) is 0 Å². The maximum atomic E-state index is 12.4. The predicted octanol–water partition coefficient (Wildman–Crippen LogP) is 0.577. The SMILES string of the molecule is CCOC(=O)C(=O)N1CCN(C(=O)C2CC=CCC2)CC1. The third-order valence-electron chi connectivity index (χ3n) is 3.95. The first-order valence-corrected chi connectivity index (χ1v) is 7.53. The first-order chi connectivity index (χ1) is 10.1. The molecule has 0 bridgehead atoms. The molecule has 6 heteroatoms. The smallest absolute Gasteiger partial charge is 0.397 e. The fraction of sp³-hybridized carbons (Fsp3) is 0.667. The van der Waals surface area contributed by atoms with Gasteiger partial charge in [-0.3, -0.25) is 9.59 Å². The van der Waals surface area contributed by atoms with Gasteiger partial charge in [0.05, 0.1) is 6.61 Å². The Kier molecular flexibility index (Phi) is 5.36. The van der Waals surface area contributed by atoms with E-state index < -0.39 is 11.9 Å². The quantitative estimate of drug-likeness (QED) is 0.424. The van der Waals surface area contributed by atoms with Gasteiger partial charge in [0.15, 0.2) is 0 Å². The van der Waals surface area contributed by atoms with Crippen LogP contribution >= 0.6 is 0 Å². The minimum Gasteiger partial charge on any atom is -0.459 e. The maximum absolute atomic E-state index is 12.4. The summed E-state index contributed by atoms with van der Waals surface area (Å²) in [7, 11) is 0. The van der Waals surface area contributed by atoms with E-state index >= 15 is 0 Å². The van der Waals surface area contributed by atoms with Gasteiger partial charge in [-0.2, -0.15) is 0 Å². The molecule has 6 nitrogen and oxygen atoms in total. The van der Waals surface area contributed by atoms with Crippen LogP contribution in [0.3, 0.4) is 0 Å². The van der Waals surface area contributed by atoms with Crippen LogP contribution in [0.25, 0.3) is 0 Å². The standard InChI is InChI=1S/C15H22N2O4/c1-2-21-15(20)14(19)17-10-8-16(9-11-17)13(18)12-6-4-3-5-7-12/h3-4,12H,2,5-11H2,1H3. The molecule has 0 aromatic heterocycles. The fourth-order valence-electron chi connectivity index (χ4n) is 2.73. The Balaban J connectivity index is 1.82. The first-order valence-electron chi connectivity index (χ1n) is 7.53. The number of hydrogen-bond acceptors (Lipinski definition) is 4. The van der Waals surface area contributed by atoms with Crippen LogP contribution in [0.5, 0.6) is 0 Å². The molecule has 0 saturated carbocycles. The van der Waals surface area contributed by atoms with E-state index in [-0.39, 0.29) is 18.4 Å². The van der Waals surface area contributed by atoms with Crippen LogP contribution in [0.15, 0.2) is 12.2 Å². The number of carbonyl (C=O) groups is 3. The maximum Gasteiger partial charge on any atom is 0.397 e. The number of nitrogens with zero attached hydrogens (tertiary/aromatic N) is 2. The Morgan fingerprint density at radius 3 is 2.33 bits per heavy atom. The molecule has 116 valence electrons. The lowest BCUT2D eigenvalue weighted by Crippen LogP contribution is -2.53. The van der Waals surface area contributed by atoms with Crippen LogP contribution in [0.1, 0.15) is 26.2 Å². The van der Waals surface area contributed by atoms with E-state index in [0.29, 0.717) is 26.2 Å². The average molecular weight is 294 g/mol. The zero-order chi connectivity index (χ0) is 15.2. The summed E-state index contributed by atoms with van der Waals surface area (Å²) in [4.78, 5) is 38.8. The minimum absolute atomic E-state index is 0.0716. The van der Waals surface area contributed by atoms with Crippen LogP contribution in [-0.4, -0.2) is 60.4 Å². The van der Waals surface area contributed by atoms with Crippen LogP contribution < -0.4 is 0 Å². The average Bonchev–Trinajstić information content (AvgIpc) is 2.54. The Morgan fingerprint density at radius 1 is 1.10 bits per heavy atom. The highest BCUT2D eigenvalue weighted by Crippen LogP contribution is 2.21. The van der Waals surface area contributed by atoms with E-state index in [9.17, 15) is 14.4 Å². The Labute approximate surface area is 124 Å². The summed E-state index contributed by atoms with van der Waals surface area (Å²) in [6, 6.07) is 0. The molecular weight excluding hydrogens is 272 g/mol. The van der Waals surface area contributed by atoms with E-state index in [2.05, 4.69) is 12.2 Å². The van der Waals surface area contributed by atoms with Crippen molar-refractivity contribution in [1.82, 2.24) is 9.80 Å². The monoisotopic (exact) mass is 294 g/mol. The van der Waals surface area contributed by atoms with Crippen molar-refractivity contribution < 1.29 is 19.1 Å². The van der Waals surface area contributed by atoms with E-state index in [0.717, 1.165) is 19.3 Å². The van der Waals surface area contributed by atoms with Gasteiger partial charge in [0.25, 0.3) is 0 Å². The number of piperazine rings is 1. The van der Waals surface area contributed by atoms with Gasteiger partial charge in [0.2, 0.25) is 5.91 Å². The van der Waals surface area contributed by atoms with Crippen molar-refractivity contribution in [2.75, 3.05) is 32.8 Å². The van der Waals surface area contributed by atoms with E-state index in [1.54, 1.807) is 11.8 Å². The summed E-state index contributed by atoms with van der Waals surface area (Å²) in [6.45, 7) is 3.63. The summed E-state index contributed by atoms with van der Waals surface area (Å²) >= 11 is 0. The second-order valence-electron chi connectivity index (χ2n) is 5.32. The molecule has 1 atom stereocenters. The summed E-state index contributed by atoms with van der Waals surface area (Å²) in [5.41, 5.74) is 0. The number of rotatable bonds is 2. The number of carbonyl (C=O) groups excluding carboxylic acids is 3. The number of ether oxygens (including phenoxy) is 1. The van der Waals surface area contributed by atoms with Gasteiger partial charge in [-0.15, -0.1) is 0 Å². The molecule has 0 radical (unpaired) electrons. The van der Waals surface area contributed by atoms with Crippen molar-refractivity contribution in [2.45, 2.75) is 26.2 Å². The topological polar surface area (TPSA) is 66.9 Å². The summed E-state index contributed by atoms with van der Waals surface area (Å²) in [5.74, 6) is -1.18. The largest absolute Gasteiger partial charge is 0.459 e. The van der Waals surface area contributed by atoms with Crippen molar-refractivity contribution in [2.24, 2.45) is 5.92 Å². The third kappa shape index (κ3) is 3.83. The molecule has 2 aliphatic rings. The summed E-state index contributed by atoms with van der Waals surface area (Å²) in [6.07, 6.45) is 6.84. The molecular formula is C15H22N2O4. The van der Waals surface area contributed by atoms with Crippen molar-refractivity contribution in [3.63, 3.8) is 0 Å². The molecule has 1 unspecified atom stereocenters. The van der Waals surface area contributed by atoms with Crippen molar-refractivity contribution in [1.29, 1.82) is 0 Å². The highest BCUT2D eigenvalue weighted by Gasteiger charge is 2.31. The molecule has 0 spiro atoms. The third-order valence-corrected chi connectivity index (χ3v) is 3.95. The molecule has 0 aromatic rings. The van der Waals surface area contributed by atoms with Gasteiger partial charge in [0, 0.05) is 32.1 Å². The van der Waals surface area contributed by atoms with Gasteiger partial charge >= 0.3 is 11.9 Å². The molecule has 21 heavy (non-hydrogen) atoms. The lowest BCUT2D eigenvalue weighted by Gasteiger charge is -2.36. The van der Waals surface area contributed by atoms with Crippen LogP contribution in [0.2, 0.25) is 0 Å². The molecule has 1 aliphatic carbocycles. The predicted molar refractivity (Wildman–Crippen MR) is 76.3 cm³/mol. The van der Waals surface area contributed by atoms with Gasteiger partial charge in [-0.05, 0) is 26.2 Å². The van der Waals surface area contributed by atoms with Crippen LogP contribution in [-0.2, 0) is 19.1 Å². The molecule has 0 N–H and O–H groups in total. The molecule has 1 aliphatic heterocycles. The second kappa shape index (κ2) is 7.24. The van der Waals surface area contributed by atoms with Gasteiger partial charge in [-0.25, -0.2) is 4.79 Å². The lowest BCUT2D eigenvalue weighted by atomic mass is 9.93. The zero-order valence-corrected chi connectivity index (χ0v) is 12.4. The minimum atomic E-state index is -0.810. The normalized spacial score (nSPS) is 22.0. The molecule has 1 heterocycles. The van der Waals surface area contributed by atoms with E-state index in [1.165, 1.54) is 4.90 Å². The molecule has 2 amide bonds. The first kappa shape index (κ1) is 15.5. The summed E-state index contributed by atoms with van der Waals surface area (Å²) in [5, 5.41) is 0. The van der Waals surface area contributed by atoms with Crippen molar-refractivity contribution in [3.8, 4) is 0 Å². The van der Waals surface area contributed by atoms with E-state index in [4.69, 9.17) is 4.74 Å². The Bertz CT molecular complexity index is 439. The van der Waals surface area contributed by atoms with Gasteiger partial charge in [-0.1, -0.05) is 12.2 Å². The molecule has 0 aromatic carbocycles. The second-order valence-corrected chi connectivity index (χ2v) is 5.32. The van der Waals surface area contributed by atoms with E-state index in [1.807, 2.05) is 0 Å². The number of esters is 1. The Hall–Kier alpha value is -1.85. The highest BCUT2D eigenvalue weighted by molar-refractivity contribution is 6.32. The highest BCUT2D eigenvalue weighted by atomic mass is 16.5. The number of hydrogen-bond donors (Lipinski definition) is 0. The lowest BCUT2D eigenvalue weighted by molar-refractivity contribution is -0.161.